The van der Waals surface area contributed by atoms with Crippen LogP contribution in [-0.4, -0.2) is 4.21 Å². The van der Waals surface area contributed by atoms with Gasteiger partial charge in [0.1, 0.15) is 0 Å². The standard InChI is InChI=1S/C9H10OS/c1-2-8-11(10)9-6-4-3-5-7-9/h2-8H,1H3. The molecule has 0 aliphatic heterocycles. The minimum Gasteiger partial charge on any atom is -0.250 e. The van der Waals surface area contributed by atoms with Crippen molar-refractivity contribution in [2.24, 2.45) is 0 Å². The predicted octanol–water partition coefficient (Wildman–Crippen LogP) is 2.33. The van der Waals surface area contributed by atoms with Crippen molar-refractivity contribution < 1.29 is 4.21 Å². The van der Waals surface area contributed by atoms with Gasteiger partial charge in [0, 0.05) is 10.3 Å². The van der Waals surface area contributed by atoms with Gasteiger partial charge in [-0.2, -0.15) is 0 Å². The second-order valence-corrected chi connectivity index (χ2v) is 3.42. The van der Waals surface area contributed by atoms with E-state index in [0.29, 0.717) is 0 Å². The normalized spacial score (nSPS) is 13.5. The second-order valence-electron chi connectivity index (χ2n) is 2.08. The van der Waals surface area contributed by atoms with Crippen molar-refractivity contribution >= 4 is 10.8 Å². The first-order valence-corrected chi connectivity index (χ1v) is 4.64. The molecule has 0 aromatic heterocycles. The van der Waals surface area contributed by atoms with Crippen LogP contribution >= 0.6 is 0 Å². The molecular formula is C9H10OS. The van der Waals surface area contributed by atoms with Crippen LogP contribution in [0.4, 0.5) is 0 Å². The van der Waals surface area contributed by atoms with Crippen LogP contribution in [-0.2, 0) is 10.8 Å². The molecule has 1 rings (SSSR count). The van der Waals surface area contributed by atoms with Crippen molar-refractivity contribution in [2.45, 2.75) is 11.8 Å². The molecular weight excluding hydrogens is 156 g/mol. The van der Waals surface area contributed by atoms with Gasteiger partial charge in [-0.25, -0.2) is 4.21 Å². The topological polar surface area (TPSA) is 17.1 Å². The largest absolute Gasteiger partial charge is 0.250 e. The molecule has 1 unspecified atom stereocenters. The van der Waals surface area contributed by atoms with E-state index in [2.05, 4.69) is 0 Å². The monoisotopic (exact) mass is 166 g/mol. The lowest BCUT2D eigenvalue weighted by molar-refractivity contribution is 0.688. The van der Waals surface area contributed by atoms with E-state index >= 15 is 0 Å². The lowest BCUT2D eigenvalue weighted by Crippen LogP contribution is -1.83. The van der Waals surface area contributed by atoms with Crippen LogP contribution in [0.1, 0.15) is 6.92 Å². The Balaban J connectivity index is 2.86. The summed E-state index contributed by atoms with van der Waals surface area (Å²) in [6.07, 6.45) is 1.79. The van der Waals surface area contributed by atoms with E-state index in [9.17, 15) is 4.21 Å². The zero-order chi connectivity index (χ0) is 8.10. The van der Waals surface area contributed by atoms with E-state index in [-0.39, 0.29) is 0 Å². The predicted molar refractivity (Wildman–Crippen MR) is 47.7 cm³/mol. The van der Waals surface area contributed by atoms with E-state index in [0.717, 1.165) is 4.90 Å². The average Bonchev–Trinajstić information content (AvgIpc) is 2.07. The van der Waals surface area contributed by atoms with Crippen LogP contribution in [0.3, 0.4) is 0 Å². The Labute approximate surface area is 69.2 Å². The molecule has 0 N–H and O–H groups in total. The Morgan fingerprint density at radius 1 is 1.27 bits per heavy atom. The van der Waals surface area contributed by atoms with E-state index in [4.69, 9.17) is 0 Å². The molecule has 0 amide bonds. The Bertz CT molecular complexity index is 264. The molecule has 0 saturated heterocycles. The van der Waals surface area contributed by atoms with Gasteiger partial charge in [-0.05, 0) is 19.1 Å². The quantitative estimate of drug-likeness (QED) is 0.659. The summed E-state index contributed by atoms with van der Waals surface area (Å²) in [5.41, 5.74) is 0. The smallest absolute Gasteiger partial charge is 0.0772 e. The Morgan fingerprint density at radius 2 is 1.91 bits per heavy atom. The first-order chi connectivity index (χ1) is 5.34. The summed E-state index contributed by atoms with van der Waals surface area (Å²) in [6, 6.07) is 9.40. The molecule has 0 bridgehead atoms. The van der Waals surface area contributed by atoms with Gasteiger partial charge < -0.3 is 0 Å². The molecule has 11 heavy (non-hydrogen) atoms. The van der Waals surface area contributed by atoms with Gasteiger partial charge >= 0.3 is 0 Å². The Hall–Kier alpha value is -0.890. The van der Waals surface area contributed by atoms with Gasteiger partial charge in [-0.1, -0.05) is 24.3 Å². The Kier molecular flexibility index (Phi) is 3.05. The summed E-state index contributed by atoms with van der Waals surface area (Å²) >= 11 is 0. The van der Waals surface area contributed by atoms with E-state index in [1.807, 2.05) is 37.3 Å². The van der Waals surface area contributed by atoms with Crippen LogP contribution in [0, 0.1) is 0 Å². The third kappa shape index (κ3) is 2.31. The Morgan fingerprint density at radius 3 is 2.45 bits per heavy atom. The third-order valence-corrected chi connectivity index (χ3v) is 2.49. The molecule has 1 atom stereocenters. The summed E-state index contributed by atoms with van der Waals surface area (Å²) in [4.78, 5) is 0.852. The van der Waals surface area contributed by atoms with Crippen molar-refractivity contribution in [1.82, 2.24) is 0 Å². The molecule has 0 fully saturated rings. The highest BCUT2D eigenvalue weighted by atomic mass is 32.2. The van der Waals surface area contributed by atoms with E-state index < -0.39 is 10.8 Å². The lowest BCUT2D eigenvalue weighted by atomic mass is 10.4. The van der Waals surface area contributed by atoms with Crippen LogP contribution in [0.15, 0.2) is 46.7 Å². The highest BCUT2D eigenvalue weighted by Gasteiger charge is 1.94. The van der Waals surface area contributed by atoms with Gasteiger partial charge in [-0.15, -0.1) is 0 Å². The summed E-state index contributed by atoms with van der Waals surface area (Å²) in [6.45, 7) is 1.86. The van der Waals surface area contributed by atoms with E-state index in [1.165, 1.54) is 0 Å². The number of allylic oxidation sites excluding steroid dienone is 1. The molecule has 0 aliphatic carbocycles. The number of hydrogen-bond donors (Lipinski definition) is 0. The summed E-state index contributed by atoms with van der Waals surface area (Å²) in [5.74, 6) is 0. The van der Waals surface area contributed by atoms with Gasteiger partial charge in [0.2, 0.25) is 0 Å². The molecule has 1 nitrogen and oxygen atoms in total. The van der Waals surface area contributed by atoms with Crippen LogP contribution < -0.4 is 0 Å². The zero-order valence-corrected chi connectivity index (χ0v) is 7.17. The van der Waals surface area contributed by atoms with Crippen molar-refractivity contribution in [3.8, 4) is 0 Å². The maximum Gasteiger partial charge on any atom is 0.0772 e. The second kappa shape index (κ2) is 4.09. The molecule has 1 aromatic rings. The van der Waals surface area contributed by atoms with Gasteiger partial charge in [0.05, 0.1) is 10.8 Å². The molecule has 0 radical (unpaired) electrons. The van der Waals surface area contributed by atoms with Crippen molar-refractivity contribution in [1.29, 1.82) is 0 Å². The molecule has 2 heteroatoms. The van der Waals surface area contributed by atoms with Crippen LogP contribution in [0.2, 0.25) is 0 Å². The zero-order valence-electron chi connectivity index (χ0n) is 6.36. The van der Waals surface area contributed by atoms with Crippen LogP contribution in [0.5, 0.6) is 0 Å². The molecule has 58 valence electrons. The average molecular weight is 166 g/mol. The fourth-order valence-corrected chi connectivity index (χ4v) is 1.59. The summed E-state index contributed by atoms with van der Waals surface area (Å²) < 4.78 is 11.3. The van der Waals surface area contributed by atoms with Crippen molar-refractivity contribution in [3.63, 3.8) is 0 Å². The first kappa shape index (κ1) is 8.21. The fraction of sp³-hybridized carbons (Fsp3) is 0.111. The number of hydrogen-bond acceptors (Lipinski definition) is 1. The maximum atomic E-state index is 11.3. The molecule has 0 heterocycles. The summed E-state index contributed by atoms with van der Waals surface area (Å²) in [5, 5.41) is 1.68. The molecule has 0 saturated carbocycles. The van der Waals surface area contributed by atoms with E-state index in [1.54, 1.807) is 11.5 Å². The van der Waals surface area contributed by atoms with Crippen molar-refractivity contribution in [3.05, 3.63) is 41.8 Å². The summed E-state index contributed by atoms with van der Waals surface area (Å²) in [7, 11) is -0.964. The minimum atomic E-state index is -0.964. The molecule has 1 aromatic carbocycles. The molecule has 0 aliphatic rings. The maximum absolute atomic E-state index is 11.3. The molecule has 0 spiro atoms. The van der Waals surface area contributed by atoms with Crippen LogP contribution in [0.25, 0.3) is 0 Å². The SMILES string of the molecule is CC=CS(=O)c1ccccc1. The van der Waals surface area contributed by atoms with Gasteiger partial charge in [0.25, 0.3) is 0 Å². The third-order valence-electron chi connectivity index (χ3n) is 1.24. The fourth-order valence-electron chi connectivity index (χ4n) is 0.757. The highest BCUT2D eigenvalue weighted by molar-refractivity contribution is 7.88. The first-order valence-electron chi connectivity index (χ1n) is 3.43. The number of rotatable bonds is 2. The number of benzene rings is 1. The van der Waals surface area contributed by atoms with Gasteiger partial charge in [-0.3, -0.25) is 0 Å². The van der Waals surface area contributed by atoms with Crippen molar-refractivity contribution in [2.75, 3.05) is 0 Å². The van der Waals surface area contributed by atoms with Gasteiger partial charge in [0.15, 0.2) is 0 Å². The highest BCUT2D eigenvalue weighted by Crippen LogP contribution is 2.05. The lowest BCUT2D eigenvalue weighted by Gasteiger charge is -1.92. The minimum absolute atomic E-state index is 0.852.